The highest BCUT2D eigenvalue weighted by molar-refractivity contribution is 5.85. The Balaban J connectivity index is 1.16. The second kappa shape index (κ2) is 9.70. The van der Waals surface area contributed by atoms with Gasteiger partial charge in [0.25, 0.3) is 0 Å². The van der Waals surface area contributed by atoms with Gasteiger partial charge < -0.3 is 15.5 Å². The van der Waals surface area contributed by atoms with Gasteiger partial charge in [-0.25, -0.2) is 0 Å². The molecule has 0 radical (unpaired) electrons. The smallest absolute Gasteiger partial charge is 0.241 e. The summed E-state index contributed by atoms with van der Waals surface area (Å²) in [6.07, 6.45) is 10.1. The average molecular weight is 447 g/mol. The molecule has 4 saturated carbocycles. The second-order valence-electron chi connectivity index (χ2n) is 11.6. The number of hydrogen-bond donors (Lipinski definition) is 2. The minimum atomic E-state index is 0.0162. The van der Waals surface area contributed by atoms with E-state index >= 15 is 0 Å². The summed E-state index contributed by atoms with van der Waals surface area (Å²) >= 11 is 0. The number of rotatable bonds is 8. The number of carbonyl (C=O) groups is 3. The number of nitrogens with one attached hydrogen (secondary N) is 2. The summed E-state index contributed by atoms with van der Waals surface area (Å²) in [4.78, 5) is 41.3. The Morgan fingerprint density at radius 1 is 0.969 bits per heavy atom. The molecular formula is C25H42N4O3. The van der Waals surface area contributed by atoms with Crippen molar-refractivity contribution in [2.24, 2.45) is 23.2 Å². The number of carbonyl (C=O) groups excluding carboxylic acids is 3. The monoisotopic (exact) mass is 446 g/mol. The van der Waals surface area contributed by atoms with E-state index in [1.54, 1.807) is 0 Å². The highest BCUT2D eigenvalue weighted by Crippen LogP contribution is 2.61. The Bertz CT molecular complexity index is 679. The van der Waals surface area contributed by atoms with Crippen molar-refractivity contribution >= 4 is 17.7 Å². The zero-order valence-electron chi connectivity index (χ0n) is 20.2. The van der Waals surface area contributed by atoms with Crippen LogP contribution in [-0.2, 0) is 14.4 Å². The molecule has 0 unspecified atom stereocenters. The Labute approximate surface area is 193 Å². The van der Waals surface area contributed by atoms with Crippen molar-refractivity contribution in [2.45, 2.75) is 83.7 Å². The van der Waals surface area contributed by atoms with Gasteiger partial charge in [0.05, 0.1) is 13.1 Å². The summed E-state index contributed by atoms with van der Waals surface area (Å²) in [7, 11) is 1.98. The van der Waals surface area contributed by atoms with Crippen LogP contribution in [0, 0.1) is 23.2 Å². The fourth-order valence-electron chi connectivity index (χ4n) is 7.47. The highest BCUT2D eigenvalue weighted by atomic mass is 16.2. The van der Waals surface area contributed by atoms with Crippen LogP contribution in [0.4, 0.5) is 0 Å². The number of amides is 3. The van der Waals surface area contributed by atoms with Crippen LogP contribution in [0.25, 0.3) is 0 Å². The number of piperidine rings is 1. The van der Waals surface area contributed by atoms with E-state index in [1.807, 2.05) is 25.8 Å². The van der Waals surface area contributed by atoms with E-state index in [1.165, 1.54) is 38.5 Å². The predicted octanol–water partition coefficient (Wildman–Crippen LogP) is 2.16. The maximum atomic E-state index is 12.7. The second-order valence-corrected chi connectivity index (χ2v) is 11.6. The van der Waals surface area contributed by atoms with Crippen molar-refractivity contribution in [1.29, 1.82) is 0 Å². The Hall–Kier alpha value is -1.63. The largest absolute Gasteiger partial charge is 0.353 e. The molecule has 180 valence electrons. The SMILES string of the molecule is CC(C)NC(=O)CN(C)C1CCN(C(=O)CNC(=O)CC23CC4CC(CC(C4)C2)C3)CC1. The summed E-state index contributed by atoms with van der Waals surface area (Å²) in [5.41, 5.74) is 0.215. The van der Waals surface area contributed by atoms with E-state index in [-0.39, 0.29) is 35.7 Å². The lowest BCUT2D eigenvalue weighted by Crippen LogP contribution is -2.51. The molecule has 7 nitrogen and oxygen atoms in total. The molecule has 1 heterocycles. The van der Waals surface area contributed by atoms with Crippen molar-refractivity contribution < 1.29 is 14.4 Å². The van der Waals surface area contributed by atoms with Crippen molar-refractivity contribution in [1.82, 2.24) is 20.4 Å². The molecule has 5 rings (SSSR count). The topological polar surface area (TPSA) is 81.8 Å². The molecule has 32 heavy (non-hydrogen) atoms. The van der Waals surface area contributed by atoms with Crippen LogP contribution in [0.2, 0.25) is 0 Å². The molecular weight excluding hydrogens is 404 g/mol. The molecule has 0 atom stereocenters. The standard InChI is InChI=1S/C25H42N4O3/c1-17(2)27-23(31)16-28(3)21-4-6-29(7-5-21)24(32)15-26-22(30)14-25-11-18-8-19(12-25)10-20(9-18)13-25/h17-21H,4-16H2,1-3H3,(H,26,30)(H,27,31). The summed E-state index contributed by atoms with van der Waals surface area (Å²) in [5.74, 6) is 2.64. The fraction of sp³-hybridized carbons (Fsp3) is 0.880. The van der Waals surface area contributed by atoms with Crippen LogP contribution in [-0.4, -0.2) is 72.8 Å². The van der Waals surface area contributed by atoms with Crippen LogP contribution < -0.4 is 10.6 Å². The summed E-state index contributed by atoms with van der Waals surface area (Å²) in [6.45, 7) is 5.79. The van der Waals surface area contributed by atoms with Gasteiger partial charge in [-0.15, -0.1) is 0 Å². The molecule has 0 spiro atoms. The first-order valence-electron chi connectivity index (χ1n) is 12.8. The molecule has 2 N–H and O–H groups in total. The van der Waals surface area contributed by atoms with Crippen LogP contribution >= 0.6 is 0 Å². The molecule has 4 bridgehead atoms. The lowest BCUT2D eigenvalue weighted by molar-refractivity contribution is -0.136. The highest BCUT2D eigenvalue weighted by Gasteiger charge is 2.51. The van der Waals surface area contributed by atoms with E-state index in [9.17, 15) is 14.4 Å². The molecule has 0 aromatic carbocycles. The Morgan fingerprint density at radius 3 is 2.06 bits per heavy atom. The lowest BCUT2D eigenvalue weighted by atomic mass is 9.49. The van der Waals surface area contributed by atoms with E-state index in [4.69, 9.17) is 0 Å². The van der Waals surface area contributed by atoms with Crippen molar-refractivity contribution in [3.8, 4) is 0 Å². The minimum absolute atomic E-state index is 0.0162. The fourth-order valence-corrected chi connectivity index (χ4v) is 7.47. The van der Waals surface area contributed by atoms with Gasteiger partial charge >= 0.3 is 0 Å². The van der Waals surface area contributed by atoms with Gasteiger partial charge in [0.1, 0.15) is 0 Å². The van der Waals surface area contributed by atoms with Crippen LogP contribution in [0.5, 0.6) is 0 Å². The molecule has 1 aliphatic heterocycles. The Morgan fingerprint density at radius 2 is 1.53 bits per heavy atom. The third kappa shape index (κ3) is 5.64. The van der Waals surface area contributed by atoms with E-state index in [0.29, 0.717) is 32.1 Å². The molecule has 5 aliphatic rings. The van der Waals surface area contributed by atoms with Crippen LogP contribution in [0.1, 0.15) is 71.6 Å². The predicted molar refractivity (Wildman–Crippen MR) is 124 cm³/mol. The number of likely N-dealkylation sites (tertiary alicyclic amines) is 1. The van der Waals surface area contributed by atoms with Gasteiger partial charge in [-0.1, -0.05) is 0 Å². The van der Waals surface area contributed by atoms with Crippen molar-refractivity contribution in [2.75, 3.05) is 33.2 Å². The van der Waals surface area contributed by atoms with Gasteiger partial charge in [0.15, 0.2) is 0 Å². The number of likely N-dealkylation sites (N-methyl/N-ethyl adjacent to an activating group) is 1. The van der Waals surface area contributed by atoms with Crippen LogP contribution in [0.15, 0.2) is 0 Å². The van der Waals surface area contributed by atoms with Gasteiger partial charge in [0, 0.05) is 31.6 Å². The lowest BCUT2D eigenvalue weighted by Gasteiger charge is -2.56. The van der Waals surface area contributed by atoms with Gasteiger partial charge in [-0.3, -0.25) is 19.3 Å². The summed E-state index contributed by atoms with van der Waals surface area (Å²) in [5, 5.41) is 5.87. The quantitative estimate of drug-likeness (QED) is 0.599. The zero-order chi connectivity index (χ0) is 22.9. The van der Waals surface area contributed by atoms with Crippen molar-refractivity contribution in [3.05, 3.63) is 0 Å². The first-order chi connectivity index (χ1) is 15.2. The first kappa shape index (κ1) is 23.5. The van der Waals surface area contributed by atoms with E-state index in [2.05, 4.69) is 15.5 Å². The zero-order valence-corrected chi connectivity index (χ0v) is 20.2. The third-order valence-corrected chi connectivity index (χ3v) is 8.42. The van der Waals surface area contributed by atoms with E-state index < -0.39 is 0 Å². The van der Waals surface area contributed by atoms with E-state index in [0.717, 1.165) is 30.6 Å². The average Bonchev–Trinajstić information content (AvgIpc) is 2.70. The molecule has 4 aliphatic carbocycles. The molecule has 7 heteroatoms. The molecule has 5 fully saturated rings. The molecule has 3 amide bonds. The molecule has 0 aromatic rings. The summed E-state index contributed by atoms with van der Waals surface area (Å²) < 4.78 is 0. The maximum absolute atomic E-state index is 12.7. The van der Waals surface area contributed by atoms with Crippen molar-refractivity contribution in [3.63, 3.8) is 0 Å². The number of hydrogen-bond acceptors (Lipinski definition) is 4. The van der Waals surface area contributed by atoms with Gasteiger partial charge in [0.2, 0.25) is 17.7 Å². The molecule has 1 saturated heterocycles. The Kier molecular flexibility index (Phi) is 7.13. The van der Waals surface area contributed by atoms with Gasteiger partial charge in [-0.05, 0) is 95.4 Å². The van der Waals surface area contributed by atoms with Crippen LogP contribution in [0.3, 0.4) is 0 Å². The third-order valence-electron chi connectivity index (χ3n) is 8.42. The van der Waals surface area contributed by atoms with Gasteiger partial charge in [-0.2, -0.15) is 0 Å². The first-order valence-corrected chi connectivity index (χ1v) is 12.8. The maximum Gasteiger partial charge on any atom is 0.241 e. The minimum Gasteiger partial charge on any atom is -0.353 e. The number of nitrogens with zero attached hydrogens (tertiary/aromatic N) is 2. The molecule has 0 aromatic heterocycles. The normalized spacial score (nSPS) is 31.9. The summed E-state index contributed by atoms with van der Waals surface area (Å²) in [6, 6.07) is 0.455.